The van der Waals surface area contributed by atoms with Crippen molar-refractivity contribution in [2.24, 2.45) is 0 Å². The molecule has 0 aliphatic carbocycles. The van der Waals surface area contributed by atoms with E-state index in [-0.39, 0.29) is 17.4 Å². The maximum Gasteiger partial charge on any atom is 0.347 e. The lowest BCUT2D eigenvalue weighted by molar-refractivity contribution is 0.0701. The highest BCUT2D eigenvalue weighted by molar-refractivity contribution is 7.17. The molecule has 0 amide bonds. The maximum atomic E-state index is 11.4. The lowest BCUT2D eigenvalue weighted by Crippen LogP contribution is -2.09. The van der Waals surface area contributed by atoms with Gasteiger partial charge in [0, 0.05) is 5.56 Å². The van der Waals surface area contributed by atoms with Gasteiger partial charge in [-0.3, -0.25) is 0 Å². The standard InChI is InChI=1S/C25H23Cl2N3O3S/c1-13(2)18-11-28-30(22-19(26)6-5-7-20(22)27)21(18)12-33-16-8-9-17(14(3)10-16)24-29-15(4)23(34-24)25(31)32/h5-11,13H,12H2,1-4H3,(H,31,32). The van der Waals surface area contributed by atoms with Crippen LogP contribution < -0.4 is 4.74 Å². The molecule has 0 bridgehead atoms. The van der Waals surface area contributed by atoms with Crippen LogP contribution in [-0.2, 0) is 6.61 Å². The molecule has 6 nitrogen and oxygen atoms in total. The van der Waals surface area contributed by atoms with Crippen LogP contribution in [-0.4, -0.2) is 25.8 Å². The Kier molecular flexibility index (Phi) is 6.98. The van der Waals surface area contributed by atoms with Gasteiger partial charge in [0.15, 0.2) is 0 Å². The summed E-state index contributed by atoms with van der Waals surface area (Å²) in [5.41, 5.74) is 4.87. The highest BCUT2D eigenvalue weighted by Gasteiger charge is 2.20. The summed E-state index contributed by atoms with van der Waals surface area (Å²) in [5, 5.41) is 15.6. The number of thiazole rings is 1. The molecule has 0 aliphatic rings. The number of ether oxygens (including phenoxy) is 1. The van der Waals surface area contributed by atoms with E-state index in [1.807, 2.05) is 31.3 Å². The molecule has 2 aromatic carbocycles. The van der Waals surface area contributed by atoms with Crippen LogP contribution >= 0.6 is 34.5 Å². The zero-order chi connectivity index (χ0) is 24.6. The number of hydrogen-bond donors (Lipinski definition) is 1. The molecule has 0 fully saturated rings. The zero-order valence-corrected chi connectivity index (χ0v) is 21.4. The normalized spacial score (nSPS) is 11.3. The molecule has 1 N–H and O–H groups in total. The summed E-state index contributed by atoms with van der Waals surface area (Å²) in [6.45, 7) is 8.12. The van der Waals surface area contributed by atoms with E-state index in [1.54, 1.807) is 29.8 Å². The zero-order valence-electron chi connectivity index (χ0n) is 19.1. The first-order chi connectivity index (χ1) is 16.2. The summed E-state index contributed by atoms with van der Waals surface area (Å²) in [4.78, 5) is 16.1. The summed E-state index contributed by atoms with van der Waals surface area (Å²) < 4.78 is 7.91. The van der Waals surface area contributed by atoms with E-state index in [9.17, 15) is 9.90 Å². The summed E-state index contributed by atoms with van der Waals surface area (Å²) in [6, 6.07) is 11.0. The van der Waals surface area contributed by atoms with Crippen molar-refractivity contribution in [1.29, 1.82) is 0 Å². The SMILES string of the molecule is Cc1cc(OCc2c(C(C)C)cnn2-c2c(Cl)cccc2Cl)ccc1-c1nc(C)c(C(=O)O)s1. The Hall–Kier alpha value is -2.87. The monoisotopic (exact) mass is 515 g/mol. The van der Waals surface area contributed by atoms with Crippen LogP contribution in [0.3, 0.4) is 0 Å². The van der Waals surface area contributed by atoms with Gasteiger partial charge >= 0.3 is 5.97 Å². The average molecular weight is 516 g/mol. The summed E-state index contributed by atoms with van der Waals surface area (Å²) >= 11 is 14.1. The number of aromatic carboxylic acids is 1. The molecule has 34 heavy (non-hydrogen) atoms. The molecular formula is C25H23Cl2N3O3S. The molecular weight excluding hydrogens is 493 g/mol. The second kappa shape index (κ2) is 9.78. The van der Waals surface area contributed by atoms with Gasteiger partial charge in [-0.2, -0.15) is 5.10 Å². The highest BCUT2D eigenvalue weighted by atomic mass is 35.5. The first-order valence-electron chi connectivity index (χ1n) is 10.6. The van der Waals surface area contributed by atoms with Gasteiger partial charge in [0.25, 0.3) is 0 Å². The van der Waals surface area contributed by atoms with Crippen molar-refractivity contribution < 1.29 is 14.6 Å². The van der Waals surface area contributed by atoms with E-state index in [4.69, 9.17) is 27.9 Å². The molecule has 0 spiro atoms. The number of carbonyl (C=O) groups is 1. The van der Waals surface area contributed by atoms with Gasteiger partial charge in [0.05, 0.1) is 27.6 Å². The van der Waals surface area contributed by atoms with Crippen LogP contribution in [0.2, 0.25) is 10.0 Å². The Bertz CT molecular complexity index is 1360. The molecule has 9 heteroatoms. The van der Waals surface area contributed by atoms with Crippen LogP contribution in [0.1, 0.15) is 52.0 Å². The molecule has 0 unspecified atom stereocenters. The van der Waals surface area contributed by atoms with Gasteiger partial charge in [-0.05, 0) is 61.2 Å². The molecule has 0 saturated heterocycles. The van der Waals surface area contributed by atoms with E-state index < -0.39 is 5.97 Å². The number of para-hydroxylation sites is 1. The fourth-order valence-electron chi connectivity index (χ4n) is 3.72. The number of hydrogen-bond acceptors (Lipinski definition) is 5. The number of nitrogens with zero attached hydrogens (tertiary/aromatic N) is 3. The second-order valence-electron chi connectivity index (χ2n) is 8.19. The summed E-state index contributed by atoms with van der Waals surface area (Å²) in [6.07, 6.45) is 1.82. The van der Waals surface area contributed by atoms with E-state index in [0.29, 0.717) is 32.2 Å². The van der Waals surface area contributed by atoms with Crippen LogP contribution in [0, 0.1) is 13.8 Å². The Morgan fingerprint density at radius 3 is 2.47 bits per heavy atom. The average Bonchev–Trinajstić information content (AvgIpc) is 3.36. The number of aromatic nitrogens is 3. The Morgan fingerprint density at radius 2 is 1.88 bits per heavy atom. The van der Waals surface area contributed by atoms with Gasteiger partial charge in [-0.15, -0.1) is 11.3 Å². The van der Waals surface area contributed by atoms with Crippen molar-refractivity contribution in [2.75, 3.05) is 0 Å². The number of carboxylic acid groups (broad SMARTS) is 1. The first kappa shape index (κ1) is 24.3. The van der Waals surface area contributed by atoms with E-state index >= 15 is 0 Å². The Balaban J connectivity index is 1.63. The van der Waals surface area contributed by atoms with Gasteiger partial charge < -0.3 is 9.84 Å². The van der Waals surface area contributed by atoms with Gasteiger partial charge in [0.2, 0.25) is 0 Å². The van der Waals surface area contributed by atoms with Crippen molar-refractivity contribution in [3.8, 4) is 22.0 Å². The van der Waals surface area contributed by atoms with Crippen LogP contribution in [0.25, 0.3) is 16.3 Å². The number of halogens is 2. The number of rotatable bonds is 7. The Labute approximate surface area is 211 Å². The van der Waals surface area contributed by atoms with Crippen molar-refractivity contribution in [3.63, 3.8) is 0 Å². The maximum absolute atomic E-state index is 11.4. The predicted molar refractivity (Wildman–Crippen MR) is 136 cm³/mol. The summed E-state index contributed by atoms with van der Waals surface area (Å²) in [7, 11) is 0. The number of benzene rings is 2. The third kappa shape index (κ3) is 4.69. The largest absolute Gasteiger partial charge is 0.487 e. The molecule has 0 saturated carbocycles. The van der Waals surface area contributed by atoms with Crippen molar-refractivity contribution in [1.82, 2.24) is 14.8 Å². The molecule has 2 heterocycles. The van der Waals surface area contributed by atoms with Crippen molar-refractivity contribution in [2.45, 2.75) is 40.2 Å². The van der Waals surface area contributed by atoms with Crippen LogP contribution in [0.4, 0.5) is 0 Å². The molecule has 0 aliphatic heterocycles. The van der Waals surface area contributed by atoms with E-state index in [1.165, 1.54) is 11.3 Å². The van der Waals surface area contributed by atoms with Gasteiger partial charge in [-0.25, -0.2) is 14.5 Å². The predicted octanol–water partition coefficient (Wildman–Crippen LogP) is 7.32. The van der Waals surface area contributed by atoms with Gasteiger partial charge in [-0.1, -0.05) is 43.1 Å². The first-order valence-corrected chi connectivity index (χ1v) is 12.2. The fourth-order valence-corrected chi connectivity index (χ4v) is 5.28. The quantitative estimate of drug-likeness (QED) is 0.279. The molecule has 0 atom stereocenters. The minimum Gasteiger partial charge on any atom is -0.487 e. The topological polar surface area (TPSA) is 77.2 Å². The minimum absolute atomic E-state index is 0.231. The van der Waals surface area contributed by atoms with Gasteiger partial charge in [0.1, 0.15) is 27.9 Å². The lowest BCUT2D eigenvalue weighted by Gasteiger charge is -2.15. The van der Waals surface area contributed by atoms with Crippen molar-refractivity contribution >= 4 is 40.5 Å². The number of aryl methyl sites for hydroxylation is 2. The minimum atomic E-state index is -0.963. The second-order valence-corrected chi connectivity index (χ2v) is 10.0. The Morgan fingerprint density at radius 1 is 1.18 bits per heavy atom. The fraction of sp³-hybridized carbons (Fsp3) is 0.240. The summed E-state index contributed by atoms with van der Waals surface area (Å²) in [5.74, 6) is -0.0509. The molecule has 4 rings (SSSR count). The highest BCUT2D eigenvalue weighted by Crippen LogP contribution is 2.34. The molecule has 176 valence electrons. The van der Waals surface area contributed by atoms with Crippen molar-refractivity contribution in [3.05, 3.63) is 80.0 Å². The molecule has 2 aromatic heterocycles. The number of carboxylic acids is 1. The molecule has 0 radical (unpaired) electrons. The third-order valence-corrected chi connectivity index (χ3v) is 7.26. The smallest absolute Gasteiger partial charge is 0.347 e. The lowest BCUT2D eigenvalue weighted by atomic mass is 10.0. The van der Waals surface area contributed by atoms with Crippen LogP contribution in [0.5, 0.6) is 5.75 Å². The molecule has 4 aromatic rings. The van der Waals surface area contributed by atoms with E-state index in [0.717, 1.165) is 22.4 Å². The third-order valence-electron chi connectivity index (χ3n) is 5.47. The van der Waals surface area contributed by atoms with Crippen LogP contribution in [0.15, 0.2) is 42.6 Å². The van der Waals surface area contributed by atoms with E-state index in [2.05, 4.69) is 23.9 Å².